The fraction of sp³-hybridized carbons (Fsp3) is 0.250. The second-order valence-electron chi connectivity index (χ2n) is 2.55. The van der Waals surface area contributed by atoms with Gasteiger partial charge in [-0.3, -0.25) is 0 Å². The van der Waals surface area contributed by atoms with Crippen LogP contribution in [0.2, 0.25) is 5.02 Å². The van der Waals surface area contributed by atoms with Gasteiger partial charge < -0.3 is 16.6 Å². The van der Waals surface area contributed by atoms with Gasteiger partial charge >= 0.3 is 0 Å². The molecule has 0 spiro atoms. The number of phenols is 1. The van der Waals surface area contributed by atoms with Crippen LogP contribution in [0.3, 0.4) is 0 Å². The van der Waals surface area contributed by atoms with Gasteiger partial charge in [0.15, 0.2) is 0 Å². The van der Waals surface area contributed by atoms with E-state index in [-0.39, 0.29) is 11.8 Å². The average Bonchev–Trinajstić information content (AvgIpc) is 2.03. The van der Waals surface area contributed by atoms with Crippen molar-refractivity contribution in [3.05, 3.63) is 28.8 Å². The summed E-state index contributed by atoms with van der Waals surface area (Å²) in [6.45, 7) is 0.338. The first-order chi connectivity index (χ1) is 5.65. The highest BCUT2D eigenvalue weighted by molar-refractivity contribution is 6.31. The van der Waals surface area contributed by atoms with Crippen LogP contribution in [0.25, 0.3) is 0 Å². The molecule has 12 heavy (non-hydrogen) atoms. The normalized spacial score (nSPS) is 12.9. The van der Waals surface area contributed by atoms with Crippen LogP contribution >= 0.6 is 11.6 Å². The van der Waals surface area contributed by atoms with Crippen LogP contribution in [0.1, 0.15) is 11.6 Å². The molecule has 5 N–H and O–H groups in total. The summed E-state index contributed by atoms with van der Waals surface area (Å²) in [7, 11) is 0. The molecule has 1 unspecified atom stereocenters. The van der Waals surface area contributed by atoms with Crippen molar-refractivity contribution >= 4 is 11.6 Å². The molecule has 0 heterocycles. The molecular weight excluding hydrogens is 176 g/mol. The van der Waals surface area contributed by atoms with E-state index in [0.717, 1.165) is 5.56 Å². The van der Waals surface area contributed by atoms with Gasteiger partial charge in [0.1, 0.15) is 5.75 Å². The molecule has 0 amide bonds. The number of rotatable bonds is 2. The maximum atomic E-state index is 9.04. The number of phenolic OH excluding ortho intramolecular Hbond substituents is 1. The molecule has 0 aromatic heterocycles. The predicted molar refractivity (Wildman–Crippen MR) is 49.1 cm³/mol. The summed E-state index contributed by atoms with van der Waals surface area (Å²) in [5.74, 6) is 0.132. The lowest BCUT2D eigenvalue weighted by Crippen LogP contribution is -2.20. The van der Waals surface area contributed by atoms with Crippen molar-refractivity contribution in [2.24, 2.45) is 11.5 Å². The first-order valence-corrected chi connectivity index (χ1v) is 3.97. The third-order valence-electron chi connectivity index (χ3n) is 1.64. The van der Waals surface area contributed by atoms with Crippen LogP contribution in [-0.4, -0.2) is 11.7 Å². The Kier molecular flexibility index (Phi) is 2.92. The monoisotopic (exact) mass is 186 g/mol. The van der Waals surface area contributed by atoms with Gasteiger partial charge in [-0.25, -0.2) is 0 Å². The average molecular weight is 187 g/mol. The number of benzene rings is 1. The number of hydrogen-bond donors (Lipinski definition) is 3. The van der Waals surface area contributed by atoms with Gasteiger partial charge in [0, 0.05) is 17.6 Å². The zero-order chi connectivity index (χ0) is 9.14. The Morgan fingerprint density at radius 2 is 2.17 bits per heavy atom. The Hall–Kier alpha value is -0.770. The van der Waals surface area contributed by atoms with Gasteiger partial charge in [-0.1, -0.05) is 17.7 Å². The van der Waals surface area contributed by atoms with E-state index in [0.29, 0.717) is 11.6 Å². The van der Waals surface area contributed by atoms with Gasteiger partial charge in [-0.15, -0.1) is 0 Å². The van der Waals surface area contributed by atoms with Crippen LogP contribution < -0.4 is 11.5 Å². The second kappa shape index (κ2) is 3.76. The van der Waals surface area contributed by atoms with E-state index in [2.05, 4.69) is 0 Å². The number of halogens is 1. The van der Waals surface area contributed by atoms with E-state index >= 15 is 0 Å². The first kappa shape index (κ1) is 9.32. The van der Waals surface area contributed by atoms with Crippen molar-refractivity contribution in [1.29, 1.82) is 0 Å². The van der Waals surface area contributed by atoms with Crippen LogP contribution in [0.4, 0.5) is 0 Å². The molecule has 0 saturated heterocycles. The molecule has 1 atom stereocenters. The molecule has 3 nitrogen and oxygen atoms in total. The Morgan fingerprint density at radius 1 is 1.50 bits per heavy atom. The van der Waals surface area contributed by atoms with Gasteiger partial charge in [0.2, 0.25) is 0 Å². The lowest BCUT2D eigenvalue weighted by atomic mass is 10.1. The van der Waals surface area contributed by atoms with E-state index in [1.165, 1.54) is 12.1 Å². The van der Waals surface area contributed by atoms with Crippen molar-refractivity contribution in [2.75, 3.05) is 6.54 Å². The molecule has 0 fully saturated rings. The highest BCUT2D eigenvalue weighted by Crippen LogP contribution is 2.24. The second-order valence-corrected chi connectivity index (χ2v) is 2.96. The van der Waals surface area contributed by atoms with Crippen LogP contribution in [0.5, 0.6) is 5.75 Å². The summed E-state index contributed by atoms with van der Waals surface area (Å²) >= 11 is 5.81. The molecule has 4 heteroatoms. The van der Waals surface area contributed by atoms with Crippen molar-refractivity contribution in [3.63, 3.8) is 0 Å². The lowest BCUT2D eigenvalue weighted by Gasteiger charge is -2.10. The van der Waals surface area contributed by atoms with E-state index in [9.17, 15) is 0 Å². The highest BCUT2D eigenvalue weighted by Gasteiger charge is 2.07. The smallest absolute Gasteiger partial charge is 0.117 e. The fourth-order valence-corrected chi connectivity index (χ4v) is 1.26. The maximum absolute atomic E-state index is 9.04. The topological polar surface area (TPSA) is 72.3 Å². The predicted octanol–water partition coefficient (Wildman–Crippen LogP) is 1.00. The zero-order valence-corrected chi connectivity index (χ0v) is 7.25. The first-order valence-electron chi connectivity index (χ1n) is 3.59. The SMILES string of the molecule is NCC(N)c1ccc(O)cc1Cl. The summed E-state index contributed by atoms with van der Waals surface area (Å²) in [5, 5.41) is 9.49. The summed E-state index contributed by atoms with van der Waals surface area (Å²) in [4.78, 5) is 0. The maximum Gasteiger partial charge on any atom is 0.117 e. The largest absolute Gasteiger partial charge is 0.508 e. The van der Waals surface area contributed by atoms with E-state index in [1.54, 1.807) is 6.07 Å². The van der Waals surface area contributed by atoms with E-state index in [4.69, 9.17) is 28.2 Å². The number of aromatic hydroxyl groups is 1. The zero-order valence-electron chi connectivity index (χ0n) is 6.50. The van der Waals surface area contributed by atoms with Crippen LogP contribution in [0.15, 0.2) is 18.2 Å². The van der Waals surface area contributed by atoms with Gasteiger partial charge in [0.05, 0.1) is 0 Å². The molecular formula is C8H11ClN2O. The summed E-state index contributed by atoms with van der Waals surface area (Å²) < 4.78 is 0. The van der Waals surface area contributed by atoms with E-state index < -0.39 is 0 Å². The quantitative estimate of drug-likeness (QED) is 0.646. The van der Waals surface area contributed by atoms with Crippen molar-refractivity contribution in [2.45, 2.75) is 6.04 Å². The van der Waals surface area contributed by atoms with Crippen LogP contribution in [0, 0.1) is 0 Å². The molecule has 66 valence electrons. The molecule has 0 aliphatic carbocycles. The molecule has 0 aliphatic rings. The molecule has 0 aliphatic heterocycles. The Labute approximate surface area is 75.9 Å². The molecule has 0 bridgehead atoms. The molecule has 0 radical (unpaired) electrons. The van der Waals surface area contributed by atoms with Crippen molar-refractivity contribution in [3.8, 4) is 5.75 Å². The van der Waals surface area contributed by atoms with Gasteiger partial charge in [-0.05, 0) is 17.7 Å². The molecule has 1 aromatic rings. The van der Waals surface area contributed by atoms with Crippen LogP contribution in [-0.2, 0) is 0 Å². The summed E-state index contributed by atoms with van der Waals surface area (Å²) in [5.41, 5.74) is 11.8. The Morgan fingerprint density at radius 3 is 2.67 bits per heavy atom. The van der Waals surface area contributed by atoms with E-state index in [1.807, 2.05) is 0 Å². The molecule has 1 aromatic carbocycles. The van der Waals surface area contributed by atoms with Crippen molar-refractivity contribution in [1.82, 2.24) is 0 Å². The van der Waals surface area contributed by atoms with Gasteiger partial charge in [0.25, 0.3) is 0 Å². The molecule has 1 rings (SSSR count). The standard InChI is InChI=1S/C8H11ClN2O/c9-7-3-5(12)1-2-6(7)8(11)4-10/h1-3,8,12H,4,10-11H2. The Bertz CT molecular complexity index is 278. The minimum Gasteiger partial charge on any atom is -0.508 e. The Balaban J connectivity index is 3.01. The minimum atomic E-state index is -0.266. The third kappa shape index (κ3) is 1.88. The third-order valence-corrected chi connectivity index (χ3v) is 1.96. The number of nitrogens with two attached hydrogens (primary N) is 2. The lowest BCUT2D eigenvalue weighted by molar-refractivity contribution is 0.475. The van der Waals surface area contributed by atoms with Crippen molar-refractivity contribution < 1.29 is 5.11 Å². The summed E-state index contributed by atoms with van der Waals surface area (Å²) in [6.07, 6.45) is 0. The van der Waals surface area contributed by atoms with Gasteiger partial charge in [-0.2, -0.15) is 0 Å². The highest BCUT2D eigenvalue weighted by atomic mass is 35.5. The molecule has 0 saturated carbocycles. The summed E-state index contributed by atoms with van der Waals surface area (Å²) in [6, 6.07) is 4.40. The number of hydrogen-bond acceptors (Lipinski definition) is 3. The fourth-order valence-electron chi connectivity index (χ4n) is 0.944. The minimum absolute atomic E-state index is 0.132.